The molecule has 1 saturated heterocycles. The van der Waals surface area contributed by atoms with Crippen LogP contribution in [0.3, 0.4) is 0 Å². The van der Waals surface area contributed by atoms with Crippen molar-refractivity contribution in [3.8, 4) is 0 Å². The molecule has 5 nitrogen and oxygen atoms in total. The highest BCUT2D eigenvalue weighted by atomic mass is 32.2. The van der Waals surface area contributed by atoms with Crippen molar-refractivity contribution < 1.29 is 8.42 Å². The average molecular weight is 277 g/mol. The second kappa shape index (κ2) is 7.43. The third-order valence-corrected chi connectivity index (χ3v) is 5.63. The van der Waals surface area contributed by atoms with Gasteiger partial charge >= 0.3 is 0 Å². The smallest absolute Gasteiger partial charge is 0.281 e. The summed E-state index contributed by atoms with van der Waals surface area (Å²) in [5.74, 6) is 0.645. The van der Waals surface area contributed by atoms with Crippen LogP contribution in [-0.2, 0) is 10.2 Å². The van der Waals surface area contributed by atoms with Gasteiger partial charge in [0.1, 0.15) is 0 Å². The number of piperidine rings is 1. The summed E-state index contributed by atoms with van der Waals surface area (Å²) in [4.78, 5) is 0. The van der Waals surface area contributed by atoms with Crippen LogP contribution >= 0.6 is 0 Å². The quantitative estimate of drug-likeness (QED) is 0.707. The van der Waals surface area contributed by atoms with Gasteiger partial charge in [0.2, 0.25) is 0 Å². The van der Waals surface area contributed by atoms with Gasteiger partial charge in [-0.05, 0) is 38.1 Å². The summed E-state index contributed by atoms with van der Waals surface area (Å²) in [5.41, 5.74) is 5.42. The van der Waals surface area contributed by atoms with Crippen molar-refractivity contribution in [2.24, 2.45) is 11.7 Å². The van der Waals surface area contributed by atoms with Crippen molar-refractivity contribution in [2.45, 2.75) is 39.0 Å². The van der Waals surface area contributed by atoms with Crippen LogP contribution in [0.25, 0.3) is 0 Å². The average Bonchev–Trinajstić information content (AvgIpc) is 2.35. The van der Waals surface area contributed by atoms with Gasteiger partial charge in [-0.25, -0.2) is 0 Å². The van der Waals surface area contributed by atoms with Crippen molar-refractivity contribution in [3.63, 3.8) is 0 Å². The molecule has 1 fully saturated rings. The normalized spacial score (nSPS) is 19.6. The lowest BCUT2D eigenvalue weighted by Crippen LogP contribution is -2.45. The highest BCUT2D eigenvalue weighted by Crippen LogP contribution is 2.20. The molecule has 0 radical (unpaired) electrons. The SMILES string of the molecule is CC1CCN(S(=O)(=O)N(C)CCCCCN)CC1. The molecule has 0 atom stereocenters. The fourth-order valence-electron chi connectivity index (χ4n) is 2.18. The van der Waals surface area contributed by atoms with Gasteiger partial charge < -0.3 is 5.73 Å². The zero-order valence-corrected chi connectivity index (χ0v) is 12.5. The van der Waals surface area contributed by atoms with E-state index in [0.717, 1.165) is 32.1 Å². The van der Waals surface area contributed by atoms with E-state index in [9.17, 15) is 8.42 Å². The molecule has 0 aromatic carbocycles. The van der Waals surface area contributed by atoms with Gasteiger partial charge in [0.05, 0.1) is 0 Å². The number of nitrogens with zero attached hydrogens (tertiary/aromatic N) is 2. The van der Waals surface area contributed by atoms with E-state index in [0.29, 0.717) is 32.1 Å². The number of nitrogens with two attached hydrogens (primary N) is 1. The standard InChI is InChI=1S/C12H27N3O2S/c1-12-6-10-15(11-7-12)18(16,17)14(2)9-5-3-4-8-13/h12H,3-11,13H2,1-2H3. The first-order valence-electron chi connectivity index (χ1n) is 6.90. The zero-order chi connectivity index (χ0) is 13.6. The molecule has 0 aromatic heterocycles. The summed E-state index contributed by atoms with van der Waals surface area (Å²) in [7, 11) is -1.56. The lowest BCUT2D eigenvalue weighted by atomic mass is 10.0. The van der Waals surface area contributed by atoms with E-state index in [1.165, 1.54) is 4.31 Å². The van der Waals surface area contributed by atoms with Crippen LogP contribution in [0.4, 0.5) is 0 Å². The molecule has 1 aliphatic rings. The first-order valence-corrected chi connectivity index (χ1v) is 8.29. The van der Waals surface area contributed by atoms with E-state index >= 15 is 0 Å². The predicted octanol–water partition coefficient (Wildman–Crippen LogP) is 1.02. The largest absolute Gasteiger partial charge is 0.330 e. The van der Waals surface area contributed by atoms with Crippen LogP contribution < -0.4 is 5.73 Å². The summed E-state index contributed by atoms with van der Waals surface area (Å²) in [6.07, 6.45) is 4.79. The Kier molecular flexibility index (Phi) is 6.55. The van der Waals surface area contributed by atoms with Crippen LogP contribution in [0.1, 0.15) is 39.0 Å². The third-order valence-electron chi connectivity index (χ3n) is 3.64. The topological polar surface area (TPSA) is 66.6 Å². The molecule has 1 heterocycles. The second-order valence-electron chi connectivity index (χ2n) is 5.26. The molecule has 2 N–H and O–H groups in total. The minimum atomic E-state index is -3.24. The molecule has 0 unspecified atom stereocenters. The lowest BCUT2D eigenvalue weighted by Gasteiger charge is -2.32. The van der Waals surface area contributed by atoms with Crippen molar-refractivity contribution in [1.82, 2.24) is 8.61 Å². The molecular formula is C12H27N3O2S. The van der Waals surface area contributed by atoms with Crippen molar-refractivity contribution in [3.05, 3.63) is 0 Å². The number of unbranched alkanes of at least 4 members (excludes halogenated alkanes) is 2. The maximum Gasteiger partial charge on any atom is 0.281 e. The Hall–Kier alpha value is -0.170. The summed E-state index contributed by atoms with van der Waals surface area (Å²) in [5, 5.41) is 0. The maximum atomic E-state index is 12.3. The highest BCUT2D eigenvalue weighted by molar-refractivity contribution is 7.86. The third kappa shape index (κ3) is 4.50. The number of rotatable bonds is 7. The molecule has 0 aromatic rings. The van der Waals surface area contributed by atoms with Crippen LogP contribution in [0.2, 0.25) is 0 Å². The van der Waals surface area contributed by atoms with Crippen molar-refractivity contribution in [2.75, 3.05) is 33.2 Å². The van der Waals surface area contributed by atoms with E-state index in [2.05, 4.69) is 6.92 Å². The summed E-state index contributed by atoms with van der Waals surface area (Å²) >= 11 is 0. The van der Waals surface area contributed by atoms with Gasteiger partial charge in [-0.15, -0.1) is 0 Å². The molecule has 108 valence electrons. The summed E-state index contributed by atoms with van der Waals surface area (Å²) < 4.78 is 27.7. The van der Waals surface area contributed by atoms with Gasteiger partial charge in [-0.3, -0.25) is 0 Å². The van der Waals surface area contributed by atoms with E-state index in [1.54, 1.807) is 11.4 Å². The van der Waals surface area contributed by atoms with Crippen LogP contribution in [0.15, 0.2) is 0 Å². The molecule has 18 heavy (non-hydrogen) atoms. The van der Waals surface area contributed by atoms with E-state index in [-0.39, 0.29) is 0 Å². The molecular weight excluding hydrogens is 250 g/mol. The number of hydrogen-bond donors (Lipinski definition) is 1. The molecule has 1 rings (SSSR count). The Balaban J connectivity index is 2.41. The zero-order valence-electron chi connectivity index (χ0n) is 11.6. The Morgan fingerprint density at radius 3 is 2.39 bits per heavy atom. The van der Waals surface area contributed by atoms with Gasteiger partial charge in [-0.2, -0.15) is 17.0 Å². The van der Waals surface area contributed by atoms with Crippen molar-refractivity contribution >= 4 is 10.2 Å². The molecule has 0 aliphatic carbocycles. The van der Waals surface area contributed by atoms with E-state index in [4.69, 9.17) is 5.73 Å². The summed E-state index contributed by atoms with van der Waals surface area (Å²) in [6, 6.07) is 0. The van der Waals surface area contributed by atoms with Crippen LogP contribution in [0, 0.1) is 5.92 Å². The van der Waals surface area contributed by atoms with E-state index in [1.807, 2.05) is 0 Å². The first-order chi connectivity index (χ1) is 8.48. The van der Waals surface area contributed by atoms with Gasteiger partial charge in [-0.1, -0.05) is 13.3 Å². The molecule has 0 spiro atoms. The number of hydrogen-bond acceptors (Lipinski definition) is 3. The maximum absolute atomic E-state index is 12.3. The Morgan fingerprint density at radius 2 is 1.83 bits per heavy atom. The van der Waals surface area contributed by atoms with Crippen LogP contribution in [0.5, 0.6) is 0 Å². The Morgan fingerprint density at radius 1 is 1.22 bits per heavy atom. The van der Waals surface area contributed by atoms with Crippen LogP contribution in [-0.4, -0.2) is 50.3 Å². The predicted molar refractivity (Wildman–Crippen MR) is 74.4 cm³/mol. The van der Waals surface area contributed by atoms with Gasteiger partial charge in [0, 0.05) is 26.7 Å². The fourth-order valence-corrected chi connectivity index (χ4v) is 3.61. The van der Waals surface area contributed by atoms with Gasteiger partial charge in [0.25, 0.3) is 10.2 Å². The molecule has 0 amide bonds. The fraction of sp³-hybridized carbons (Fsp3) is 1.00. The second-order valence-corrected chi connectivity index (χ2v) is 7.30. The van der Waals surface area contributed by atoms with E-state index < -0.39 is 10.2 Å². The molecule has 1 aliphatic heterocycles. The molecule has 0 saturated carbocycles. The minimum Gasteiger partial charge on any atom is -0.330 e. The Labute approximate surface area is 112 Å². The minimum absolute atomic E-state index is 0.592. The monoisotopic (exact) mass is 277 g/mol. The molecule has 6 heteroatoms. The first kappa shape index (κ1) is 15.9. The lowest BCUT2D eigenvalue weighted by molar-refractivity contribution is 0.270. The highest BCUT2D eigenvalue weighted by Gasteiger charge is 2.29. The van der Waals surface area contributed by atoms with Gasteiger partial charge in [0.15, 0.2) is 0 Å². The van der Waals surface area contributed by atoms with Crippen molar-refractivity contribution in [1.29, 1.82) is 0 Å². The summed E-state index contributed by atoms with van der Waals surface area (Å²) in [6.45, 7) is 4.78. The molecule has 0 bridgehead atoms. The Bertz CT molecular complexity index is 324.